The van der Waals surface area contributed by atoms with Crippen LogP contribution in [0.3, 0.4) is 0 Å². The van der Waals surface area contributed by atoms with Crippen LogP contribution >= 0.6 is 0 Å². The number of carbonyl (C=O) groups is 7. The van der Waals surface area contributed by atoms with Gasteiger partial charge >= 0.3 is 5.97 Å². The molecule has 2 aliphatic heterocycles. The molecule has 73 heavy (non-hydrogen) atoms. The Hall–Kier alpha value is -4.66. The van der Waals surface area contributed by atoms with Crippen LogP contribution in [0.2, 0.25) is 0 Å². The number of benzene rings is 1. The predicted molar refractivity (Wildman–Crippen MR) is 275 cm³/mol. The molecule has 3 fully saturated rings. The highest BCUT2D eigenvalue weighted by Crippen LogP contribution is 2.32. The molecule has 1 aromatic carbocycles. The smallest absolute Gasteiger partial charge is 0.308 e. The Balaban J connectivity index is 1.47. The second-order valence-electron chi connectivity index (χ2n) is 21.3. The number of hydrogen-bond acceptors (Lipinski definition) is 14. The van der Waals surface area contributed by atoms with Gasteiger partial charge in [0.2, 0.25) is 27.7 Å². The maximum Gasteiger partial charge on any atom is 0.308 e. The molecule has 0 bridgehead atoms. The number of Topliss-reactive ketones (excluding diaryl/α,β-unsaturated/α-hetero) is 1. The molecule has 3 aliphatic rings. The highest BCUT2D eigenvalue weighted by atomic mass is 32.2. The van der Waals surface area contributed by atoms with Crippen LogP contribution in [-0.2, 0) is 64.2 Å². The van der Waals surface area contributed by atoms with Gasteiger partial charge < -0.3 is 39.0 Å². The van der Waals surface area contributed by atoms with Gasteiger partial charge in [0.1, 0.15) is 11.8 Å². The molecule has 1 aliphatic carbocycles. The lowest BCUT2D eigenvalue weighted by atomic mass is 9.83. The summed E-state index contributed by atoms with van der Waals surface area (Å²) in [6.45, 7) is 14.5. The van der Waals surface area contributed by atoms with E-state index in [1.54, 1.807) is 52.9 Å². The minimum Gasteiger partial charge on any atom is -0.484 e. The number of piperidine rings is 1. The topological polar surface area (TPSA) is 228 Å². The lowest BCUT2D eigenvalue weighted by Gasteiger charge is -2.41. The van der Waals surface area contributed by atoms with Crippen molar-refractivity contribution < 1.29 is 60.9 Å². The van der Waals surface area contributed by atoms with Crippen LogP contribution < -0.4 is 14.8 Å². The number of carbonyl (C=O) groups excluding carboxylic acids is 7. The molecule has 0 radical (unpaired) electrons. The summed E-state index contributed by atoms with van der Waals surface area (Å²) < 4.78 is 50.8. The average molecular weight is 1050 g/mol. The normalized spacial score (nSPS) is 19.9. The molecule has 9 atom stereocenters. The fourth-order valence-corrected chi connectivity index (χ4v) is 12.0. The third kappa shape index (κ3) is 16.4. The molecule has 0 aromatic heterocycles. The van der Waals surface area contributed by atoms with E-state index in [-0.39, 0.29) is 85.1 Å². The van der Waals surface area contributed by atoms with Crippen molar-refractivity contribution in [2.45, 2.75) is 154 Å². The molecular formula is C53H86N6O13S. The van der Waals surface area contributed by atoms with Gasteiger partial charge in [-0.3, -0.25) is 43.2 Å². The lowest BCUT2D eigenvalue weighted by Crippen LogP contribution is -2.55. The fraction of sp³-hybridized carbons (Fsp3) is 0.755. The van der Waals surface area contributed by atoms with Crippen LogP contribution in [0.5, 0.6) is 5.75 Å². The Labute approximate surface area is 434 Å². The van der Waals surface area contributed by atoms with Crippen molar-refractivity contribution in [3.05, 3.63) is 29.8 Å². The van der Waals surface area contributed by atoms with Crippen LogP contribution in [-0.4, -0.2) is 180 Å². The molecule has 2 saturated heterocycles. The van der Waals surface area contributed by atoms with Crippen LogP contribution in [0.15, 0.2) is 24.3 Å². The van der Waals surface area contributed by atoms with Gasteiger partial charge in [0.25, 0.3) is 11.8 Å². The number of methoxy groups -OCH3 is 3. The zero-order valence-corrected chi connectivity index (χ0v) is 46.5. The summed E-state index contributed by atoms with van der Waals surface area (Å²) in [4.78, 5) is 102. The van der Waals surface area contributed by atoms with Gasteiger partial charge in [-0.2, -0.15) is 0 Å². The third-order valence-electron chi connectivity index (χ3n) is 15.3. The monoisotopic (exact) mass is 1050 g/mol. The number of sulfonamides is 1. The predicted octanol–water partition coefficient (Wildman–Crippen LogP) is 3.85. The molecule has 2 N–H and O–H groups in total. The summed E-state index contributed by atoms with van der Waals surface area (Å²) in [6, 6.07) is 3.87. The Morgan fingerprint density at radius 1 is 0.781 bits per heavy atom. The Bertz CT molecular complexity index is 2140. The average Bonchev–Trinajstić information content (AvgIpc) is 4.12. The molecule has 1 saturated carbocycles. The van der Waals surface area contributed by atoms with Crippen molar-refractivity contribution in [1.29, 1.82) is 0 Å². The molecule has 2 heterocycles. The number of esters is 1. The van der Waals surface area contributed by atoms with E-state index < -0.39 is 69.3 Å². The fourth-order valence-electron chi connectivity index (χ4n) is 10.7. The number of hydrogen-bond donors (Lipinski definition) is 2. The summed E-state index contributed by atoms with van der Waals surface area (Å²) in [5, 5.41) is 2.10. The molecule has 0 unspecified atom stereocenters. The summed E-state index contributed by atoms with van der Waals surface area (Å²) in [5.74, 6) is -3.90. The molecule has 1 aromatic rings. The van der Waals surface area contributed by atoms with Crippen molar-refractivity contribution in [3.63, 3.8) is 0 Å². The molecule has 20 heteroatoms. The number of ether oxygens (including phenoxy) is 4. The lowest BCUT2D eigenvalue weighted by molar-refractivity contribution is -0.149. The first-order valence-corrected chi connectivity index (χ1v) is 27.7. The van der Waals surface area contributed by atoms with Gasteiger partial charge in [0.05, 0.1) is 60.9 Å². The number of ketones is 1. The Kier molecular flexibility index (Phi) is 23.1. The quantitative estimate of drug-likeness (QED) is 0.114. The highest BCUT2D eigenvalue weighted by molar-refractivity contribution is 7.90. The largest absolute Gasteiger partial charge is 0.484 e. The summed E-state index contributed by atoms with van der Waals surface area (Å²) >= 11 is 0. The van der Waals surface area contributed by atoms with Gasteiger partial charge in [-0.25, -0.2) is 8.42 Å². The number of likely N-dealkylation sites (N-methyl/N-ethyl adjacent to an activating group) is 2. The first kappa shape index (κ1) is 60.9. The highest BCUT2D eigenvalue weighted by Gasteiger charge is 2.44. The van der Waals surface area contributed by atoms with Gasteiger partial charge in [-0.05, 0) is 88.1 Å². The third-order valence-corrected chi connectivity index (χ3v) is 17.1. The summed E-state index contributed by atoms with van der Waals surface area (Å²) in [7, 11) is 5.83. The molecule has 5 amide bonds. The van der Waals surface area contributed by atoms with Crippen molar-refractivity contribution >= 4 is 51.3 Å². The number of nitrogens with zero attached hydrogens (tertiary/aromatic N) is 4. The van der Waals surface area contributed by atoms with Crippen LogP contribution in [0.4, 0.5) is 0 Å². The van der Waals surface area contributed by atoms with E-state index in [4.69, 9.17) is 18.9 Å². The van der Waals surface area contributed by atoms with Crippen LogP contribution in [0, 0.1) is 35.5 Å². The zero-order valence-electron chi connectivity index (χ0n) is 45.7. The molecule has 4 rings (SSSR count). The molecule has 19 nitrogen and oxygen atoms in total. The van der Waals surface area contributed by atoms with Crippen LogP contribution in [0.1, 0.15) is 112 Å². The van der Waals surface area contributed by atoms with Gasteiger partial charge in [-0.15, -0.1) is 0 Å². The second kappa shape index (κ2) is 27.8. The molecule has 0 spiro atoms. The Morgan fingerprint density at radius 3 is 1.93 bits per heavy atom. The maximum absolute atomic E-state index is 14.5. The number of likely N-dealkylation sites (tertiary alicyclic amines) is 2. The van der Waals surface area contributed by atoms with E-state index in [0.29, 0.717) is 75.9 Å². The first-order chi connectivity index (χ1) is 34.4. The summed E-state index contributed by atoms with van der Waals surface area (Å²) in [6.07, 6.45) is 2.13. The van der Waals surface area contributed by atoms with Gasteiger partial charge in [-0.1, -0.05) is 67.0 Å². The zero-order chi connectivity index (χ0) is 54.5. The minimum atomic E-state index is -3.97. The second-order valence-corrected chi connectivity index (χ2v) is 23.3. The van der Waals surface area contributed by atoms with E-state index in [9.17, 15) is 42.0 Å². The number of nitrogens with one attached hydrogen (secondary N) is 2. The van der Waals surface area contributed by atoms with Crippen molar-refractivity contribution in [3.8, 4) is 5.75 Å². The first-order valence-electron chi connectivity index (χ1n) is 26.1. The van der Waals surface area contributed by atoms with Crippen molar-refractivity contribution in [2.24, 2.45) is 35.5 Å². The summed E-state index contributed by atoms with van der Waals surface area (Å²) in [5.41, 5.74) is 0.574. The van der Waals surface area contributed by atoms with E-state index >= 15 is 0 Å². The van der Waals surface area contributed by atoms with E-state index in [2.05, 4.69) is 10.0 Å². The van der Waals surface area contributed by atoms with E-state index in [1.807, 2.05) is 60.5 Å². The molecule has 412 valence electrons. The standard InChI is InChI=1S/C53H86N6O13S/c1-14-34(6)48(57(10)52(65)40(32(2)3)29-43(60)47(33(4)5)56(8)9)44(69-11)30-45(61)59-25-15-16-42(59)49(70-12)35(7)50(63)54-41(51(64)55-73(67,68)39-21-22-39)28-36-17-19-38(20-18-36)72-31-46(62)58-26-23-37(24-27-58)53(66)71-13/h17-20,32-35,37,39-42,44,47-49H,14-16,21-31H2,1-13H3,(H,54,63)(H,55,64)/t34-,35+,40-,41-,42-,44+,47-,48-,49+/m0/s1. The SMILES string of the molecule is CC[C@H](C)[C@@H]([C@@H](CC(=O)N1CCC[C@H]1[C@H](OC)[C@@H](C)C(=O)N[C@@H](Cc1ccc(OCC(=O)N2CCC(C(=O)OC)CC2)cc1)C(=O)NS(=O)(=O)C1CC1)OC)N(C)C(=O)[C@@H](CC(=O)[C@H](C(C)C)N(C)C)C(C)C. The number of amides is 5. The van der Waals surface area contributed by atoms with Gasteiger partial charge in [0, 0.05) is 59.7 Å². The van der Waals surface area contributed by atoms with Gasteiger partial charge in [0.15, 0.2) is 12.4 Å². The van der Waals surface area contributed by atoms with E-state index in [0.717, 1.165) is 0 Å². The number of rotatable bonds is 28. The Morgan fingerprint density at radius 2 is 1.41 bits per heavy atom. The van der Waals surface area contributed by atoms with E-state index in [1.165, 1.54) is 21.3 Å². The van der Waals surface area contributed by atoms with Crippen molar-refractivity contribution in [2.75, 3.05) is 68.7 Å². The molecular weight excluding hydrogens is 961 g/mol. The maximum atomic E-state index is 14.5. The van der Waals surface area contributed by atoms with Crippen LogP contribution in [0.25, 0.3) is 0 Å². The minimum absolute atomic E-state index is 0.00554. The van der Waals surface area contributed by atoms with Crippen molar-refractivity contribution in [1.82, 2.24) is 29.6 Å².